The lowest BCUT2D eigenvalue weighted by atomic mass is 10.1. The van der Waals surface area contributed by atoms with Gasteiger partial charge in [-0.3, -0.25) is 0 Å². The highest BCUT2D eigenvalue weighted by atomic mass is 35.5. The van der Waals surface area contributed by atoms with Gasteiger partial charge in [0.2, 0.25) is 5.13 Å². The molecule has 0 bridgehead atoms. The molecule has 0 spiro atoms. The van der Waals surface area contributed by atoms with Crippen LogP contribution in [-0.2, 0) is 6.18 Å². The topological polar surface area (TPSA) is 34.5 Å². The van der Waals surface area contributed by atoms with Crippen molar-refractivity contribution >= 4 is 34.3 Å². The Morgan fingerprint density at radius 3 is 2.46 bits per heavy atom. The van der Waals surface area contributed by atoms with E-state index in [4.69, 9.17) is 16.3 Å². The number of halogens is 4. The predicted molar refractivity (Wildman–Crippen MR) is 97.8 cm³/mol. The Balaban J connectivity index is 2.01. The third-order valence-corrected chi connectivity index (χ3v) is 4.71. The predicted octanol–water partition coefficient (Wildman–Crippen LogP) is 6.24. The molecule has 134 valence electrons. The second-order valence-corrected chi connectivity index (χ2v) is 6.59. The summed E-state index contributed by atoms with van der Waals surface area (Å²) < 4.78 is 45.3. The van der Waals surface area contributed by atoms with Crippen molar-refractivity contribution in [2.75, 3.05) is 7.11 Å². The van der Waals surface area contributed by atoms with E-state index in [2.05, 4.69) is 9.98 Å². The lowest BCUT2D eigenvalue weighted by Gasteiger charge is -2.05. The average molecular weight is 397 g/mol. The maximum absolute atomic E-state index is 13.4. The number of aliphatic imine (C=N–C) groups is 1. The van der Waals surface area contributed by atoms with Crippen molar-refractivity contribution in [3.8, 4) is 16.2 Å². The molecule has 2 aromatic carbocycles. The van der Waals surface area contributed by atoms with Crippen LogP contribution in [0.2, 0.25) is 5.02 Å². The molecule has 8 heteroatoms. The van der Waals surface area contributed by atoms with Crippen molar-refractivity contribution in [3.05, 3.63) is 64.8 Å². The fourth-order valence-corrected chi connectivity index (χ4v) is 3.31. The number of alkyl halides is 3. The molecule has 3 nitrogen and oxygen atoms in total. The van der Waals surface area contributed by atoms with Crippen molar-refractivity contribution in [3.63, 3.8) is 0 Å². The van der Waals surface area contributed by atoms with E-state index in [0.29, 0.717) is 21.9 Å². The minimum atomic E-state index is -4.58. The molecule has 0 fully saturated rings. The molecule has 0 aliphatic carbocycles. The Morgan fingerprint density at radius 2 is 1.81 bits per heavy atom. The summed E-state index contributed by atoms with van der Waals surface area (Å²) in [5.74, 6) is 0.571. The van der Waals surface area contributed by atoms with Crippen LogP contribution in [0.1, 0.15) is 11.3 Å². The number of methoxy groups -OCH3 is 1. The van der Waals surface area contributed by atoms with Crippen LogP contribution in [0.4, 0.5) is 18.3 Å². The van der Waals surface area contributed by atoms with E-state index in [0.717, 1.165) is 11.3 Å². The number of ether oxygens (including phenoxy) is 1. The summed E-state index contributed by atoms with van der Waals surface area (Å²) in [6.07, 6.45) is -3.15. The molecule has 0 radical (unpaired) electrons. The van der Waals surface area contributed by atoms with E-state index in [1.165, 1.54) is 37.6 Å². The fourth-order valence-electron chi connectivity index (χ4n) is 2.25. The summed E-state index contributed by atoms with van der Waals surface area (Å²) in [5, 5.41) is 0.453. The highest BCUT2D eigenvalue weighted by Gasteiger charge is 2.38. The number of hydrogen-bond donors (Lipinski definition) is 0. The number of benzene rings is 2. The molecule has 26 heavy (non-hydrogen) atoms. The van der Waals surface area contributed by atoms with Gasteiger partial charge in [0.25, 0.3) is 0 Å². The average Bonchev–Trinajstić information content (AvgIpc) is 3.05. The van der Waals surface area contributed by atoms with Crippen molar-refractivity contribution < 1.29 is 17.9 Å². The number of aromatic nitrogens is 1. The first-order valence-corrected chi connectivity index (χ1v) is 8.59. The fraction of sp³-hybridized carbons (Fsp3) is 0.111. The van der Waals surface area contributed by atoms with Crippen LogP contribution in [0.3, 0.4) is 0 Å². The molecule has 0 aliphatic heterocycles. The van der Waals surface area contributed by atoms with Gasteiger partial charge >= 0.3 is 6.18 Å². The molecular formula is C18H12ClF3N2OS. The van der Waals surface area contributed by atoms with Gasteiger partial charge in [-0.1, -0.05) is 47.2 Å². The first-order valence-electron chi connectivity index (χ1n) is 7.39. The summed E-state index contributed by atoms with van der Waals surface area (Å²) in [7, 11) is 1.51. The van der Waals surface area contributed by atoms with Gasteiger partial charge in [0.1, 0.15) is 5.75 Å². The highest BCUT2D eigenvalue weighted by molar-refractivity contribution is 7.18. The molecule has 0 saturated carbocycles. The molecule has 0 unspecified atom stereocenters. The number of para-hydroxylation sites is 1. The zero-order chi connectivity index (χ0) is 18.7. The second-order valence-electron chi connectivity index (χ2n) is 5.18. The zero-order valence-electron chi connectivity index (χ0n) is 13.4. The van der Waals surface area contributed by atoms with Crippen LogP contribution in [0, 0.1) is 0 Å². The van der Waals surface area contributed by atoms with Crippen molar-refractivity contribution in [2.24, 2.45) is 4.99 Å². The monoisotopic (exact) mass is 396 g/mol. The molecule has 0 amide bonds. The number of nitrogens with zero attached hydrogens (tertiary/aromatic N) is 2. The van der Waals surface area contributed by atoms with Gasteiger partial charge in [-0.05, 0) is 29.8 Å². The molecule has 3 rings (SSSR count). The standard InChI is InChI=1S/C18H12ClF3N2OS/c1-25-14-5-3-2-4-12(14)10-23-17-24-16(18(20,21)22)15(26-17)11-6-8-13(19)9-7-11/h2-10H,1H3. The smallest absolute Gasteiger partial charge is 0.434 e. The van der Waals surface area contributed by atoms with Crippen LogP contribution in [0.25, 0.3) is 10.4 Å². The lowest BCUT2D eigenvalue weighted by molar-refractivity contribution is -0.140. The maximum atomic E-state index is 13.4. The Morgan fingerprint density at radius 1 is 1.12 bits per heavy atom. The summed E-state index contributed by atoms with van der Waals surface area (Å²) in [4.78, 5) is 7.77. The van der Waals surface area contributed by atoms with Gasteiger partial charge in [0.15, 0.2) is 5.69 Å². The Labute approximate surface area is 156 Å². The summed E-state index contributed by atoms with van der Waals surface area (Å²) in [6, 6.07) is 13.2. The normalized spacial score (nSPS) is 11.9. The van der Waals surface area contributed by atoms with Gasteiger partial charge in [0.05, 0.1) is 12.0 Å². The molecule has 0 saturated heterocycles. The first-order chi connectivity index (χ1) is 12.4. The third kappa shape index (κ3) is 4.05. The van der Waals surface area contributed by atoms with Crippen molar-refractivity contribution in [1.29, 1.82) is 0 Å². The summed E-state index contributed by atoms with van der Waals surface area (Å²) >= 11 is 6.68. The van der Waals surface area contributed by atoms with Crippen LogP contribution in [0.15, 0.2) is 53.5 Å². The molecule has 1 aromatic heterocycles. The van der Waals surface area contributed by atoms with Crippen molar-refractivity contribution in [1.82, 2.24) is 4.98 Å². The van der Waals surface area contributed by atoms with E-state index in [1.54, 1.807) is 24.3 Å². The molecule has 1 heterocycles. The van der Waals surface area contributed by atoms with E-state index >= 15 is 0 Å². The van der Waals surface area contributed by atoms with Crippen molar-refractivity contribution in [2.45, 2.75) is 6.18 Å². The largest absolute Gasteiger partial charge is 0.496 e. The first kappa shape index (κ1) is 18.4. The molecule has 0 N–H and O–H groups in total. The minimum Gasteiger partial charge on any atom is -0.496 e. The molecule has 3 aromatic rings. The van der Waals surface area contributed by atoms with E-state index < -0.39 is 11.9 Å². The molecule has 0 aliphatic rings. The Kier molecular flexibility index (Phi) is 5.29. The lowest BCUT2D eigenvalue weighted by Crippen LogP contribution is -2.06. The van der Waals surface area contributed by atoms with E-state index in [-0.39, 0.29) is 10.0 Å². The zero-order valence-corrected chi connectivity index (χ0v) is 15.0. The quantitative estimate of drug-likeness (QED) is 0.489. The van der Waals surface area contributed by atoms with Crippen LogP contribution in [0.5, 0.6) is 5.75 Å². The van der Waals surface area contributed by atoms with Crippen LogP contribution in [-0.4, -0.2) is 18.3 Å². The van der Waals surface area contributed by atoms with E-state index in [9.17, 15) is 13.2 Å². The molecule has 0 atom stereocenters. The van der Waals surface area contributed by atoms with E-state index in [1.807, 2.05) is 0 Å². The van der Waals surface area contributed by atoms with Gasteiger partial charge in [0, 0.05) is 16.8 Å². The Bertz CT molecular complexity index is 936. The highest BCUT2D eigenvalue weighted by Crippen LogP contribution is 2.43. The van der Waals surface area contributed by atoms with Crippen LogP contribution >= 0.6 is 22.9 Å². The summed E-state index contributed by atoms with van der Waals surface area (Å²) in [6.45, 7) is 0. The number of rotatable bonds is 4. The van der Waals surface area contributed by atoms with Crippen LogP contribution < -0.4 is 4.74 Å². The maximum Gasteiger partial charge on any atom is 0.434 e. The van der Waals surface area contributed by atoms with Gasteiger partial charge in [-0.2, -0.15) is 13.2 Å². The summed E-state index contributed by atoms with van der Waals surface area (Å²) in [5.41, 5.74) is 0.0711. The van der Waals surface area contributed by atoms with Gasteiger partial charge < -0.3 is 4.74 Å². The molecular weight excluding hydrogens is 385 g/mol. The number of thiazole rings is 1. The Hall–Kier alpha value is -2.38. The second kappa shape index (κ2) is 7.47. The number of hydrogen-bond acceptors (Lipinski definition) is 4. The van der Waals surface area contributed by atoms with Gasteiger partial charge in [-0.15, -0.1) is 0 Å². The van der Waals surface area contributed by atoms with Gasteiger partial charge in [-0.25, -0.2) is 9.98 Å². The minimum absolute atomic E-state index is 0.00124. The SMILES string of the molecule is COc1ccccc1C=Nc1nc(C(F)(F)F)c(-c2ccc(Cl)cc2)s1. The third-order valence-electron chi connectivity index (χ3n) is 3.44.